The standard InChI is InChI=1S/C6H6O2.C4H14O3Si4/c7-5-2-1-3-6(8)4-5;1-3-11(4-2)7-10-6-9-5-8/h1-4,7-8H;3-4,11H,1-2,9-10H2,8H3. The van der Waals surface area contributed by atoms with Gasteiger partial charge in [0.2, 0.25) is 9.04 Å². The molecule has 0 saturated carbocycles. The maximum Gasteiger partial charge on any atom is 0.285 e. The van der Waals surface area contributed by atoms with Gasteiger partial charge in [0.05, 0.1) is 0 Å². The number of benzene rings is 1. The predicted molar refractivity (Wildman–Crippen MR) is 87.6 cm³/mol. The van der Waals surface area contributed by atoms with Gasteiger partial charge in [-0.15, -0.1) is 13.2 Å². The highest BCUT2D eigenvalue weighted by atomic mass is 28.4. The van der Waals surface area contributed by atoms with E-state index in [2.05, 4.69) is 13.2 Å². The van der Waals surface area contributed by atoms with Crippen LogP contribution in [-0.4, -0.2) is 49.8 Å². The Labute approximate surface area is 122 Å². The summed E-state index contributed by atoms with van der Waals surface area (Å²) in [6.45, 7) is 7.30. The molecule has 19 heavy (non-hydrogen) atoms. The van der Waals surface area contributed by atoms with Crippen molar-refractivity contribution in [1.82, 2.24) is 0 Å². The molecule has 0 aromatic heterocycles. The van der Waals surface area contributed by atoms with Gasteiger partial charge in [-0.1, -0.05) is 17.5 Å². The van der Waals surface area contributed by atoms with Crippen LogP contribution in [0.5, 0.6) is 11.5 Å². The number of hydrogen-bond donors (Lipinski definition) is 2. The molecule has 0 spiro atoms. The second-order valence-corrected chi connectivity index (χ2v) is 11.0. The zero-order valence-corrected chi connectivity index (χ0v) is 17.0. The van der Waals surface area contributed by atoms with Crippen molar-refractivity contribution in [1.29, 1.82) is 0 Å². The SMILES string of the molecule is C=C[SiH](C=C)O[SiH2]O[SiH2]O[SiH3].Oc1cccc(O)c1. The van der Waals surface area contributed by atoms with E-state index in [4.69, 9.17) is 22.6 Å². The van der Waals surface area contributed by atoms with Gasteiger partial charge in [-0.05, 0) is 12.1 Å². The molecule has 1 aromatic rings. The third kappa shape index (κ3) is 10.6. The Morgan fingerprint density at radius 1 is 1.16 bits per heavy atom. The smallest absolute Gasteiger partial charge is 0.285 e. The second kappa shape index (κ2) is 12.1. The molecule has 0 aliphatic heterocycles. The van der Waals surface area contributed by atoms with Crippen molar-refractivity contribution in [2.24, 2.45) is 0 Å². The van der Waals surface area contributed by atoms with E-state index >= 15 is 0 Å². The van der Waals surface area contributed by atoms with Crippen molar-refractivity contribution >= 4 is 39.5 Å². The summed E-state index contributed by atoms with van der Waals surface area (Å²) in [4.78, 5) is 0. The highest BCUT2D eigenvalue weighted by Gasteiger charge is 1.99. The molecular weight excluding hydrogens is 312 g/mol. The van der Waals surface area contributed by atoms with E-state index in [1.54, 1.807) is 6.07 Å². The molecule has 0 unspecified atom stereocenters. The average Bonchev–Trinajstić information content (AvgIpc) is 2.39. The van der Waals surface area contributed by atoms with Crippen LogP contribution in [0.4, 0.5) is 0 Å². The highest BCUT2D eigenvalue weighted by molar-refractivity contribution is 6.67. The van der Waals surface area contributed by atoms with Crippen LogP contribution in [0.25, 0.3) is 0 Å². The van der Waals surface area contributed by atoms with Gasteiger partial charge in [-0.3, -0.25) is 0 Å². The summed E-state index contributed by atoms with van der Waals surface area (Å²) < 4.78 is 15.6. The van der Waals surface area contributed by atoms with Gasteiger partial charge in [0.1, 0.15) is 22.0 Å². The molecule has 9 heteroatoms. The summed E-state index contributed by atoms with van der Waals surface area (Å²) in [6, 6.07) is 5.85. The van der Waals surface area contributed by atoms with E-state index < -0.39 is 29.1 Å². The zero-order valence-electron chi connectivity index (χ0n) is 11.0. The fourth-order valence-electron chi connectivity index (χ4n) is 0.969. The Bertz CT molecular complexity index is 351. The number of hydrogen-bond acceptors (Lipinski definition) is 5. The van der Waals surface area contributed by atoms with Gasteiger partial charge in [-0.25, -0.2) is 0 Å². The van der Waals surface area contributed by atoms with Crippen molar-refractivity contribution in [2.75, 3.05) is 0 Å². The average molecular weight is 333 g/mol. The minimum Gasteiger partial charge on any atom is -0.508 e. The predicted octanol–water partition coefficient (Wildman–Crippen LogP) is -1.41. The van der Waals surface area contributed by atoms with Gasteiger partial charge >= 0.3 is 0 Å². The minimum absolute atomic E-state index is 0.0880. The van der Waals surface area contributed by atoms with Gasteiger partial charge < -0.3 is 22.6 Å². The van der Waals surface area contributed by atoms with Crippen LogP contribution in [0.2, 0.25) is 0 Å². The van der Waals surface area contributed by atoms with Crippen molar-refractivity contribution < 1.29 is 22.6 Å². The molecule has 0 aliphatic carbocycles. The number of phenols is 2. The molecule has 5 nitrogen and oxygen atoms in total. The minimum atomic E-state index is -1.29. The molecule has 2 N–H and O–H groups in total. The van der Waals surface area contributed by atoms with Crippen molar-refractivity contribution in [3.63, 3.8) is 0 Å². The summed E-state index contributed by atoms with van der Waals surface area (Å²) in [7, 11) is -1.99. The van der Waals surface area contributed by atoms with Crippen LogP contribution in [0, 0.1) is 0 Å². The normalized spacial score (nSPS) is 11.0. The first kappa shape index (κ1) is 18.0. The Morgan fingerprint density at radius 3 is 2.11 bits per heavy atom. The lowest BCUT2D eigenvalue weighted by Crippen LogP contribution is -2.19. The quantitative estimate of drug-likeness (QED) is 0.474. The van der Waals surface area contributed by atoms with Gasteiger partial charge in [0.25, 0.3) is 20.0 Å². The van der Waals surface area contributed by atoms with E-state index in [9.17, 15) is 0 Å². The number of aromatic hydroxyl groups is 2. The van der Waals surface area contributed by atoms with Gasteiger partial charge in [-0.2, -0.15) is 0 Å². The first-order chi connectivity index (χ1) is 9.13. The molecular formula is C10H20O5Si4. The lowest BCUT2D eigenvalue weighted by Gasteiger charge is -2.07. The molecule has 0 heterocycles. The first-order valence-electron chi connectivity index (χ1n) is 5.55. The van der Waals surface area contributed by atoms with Crippen LogP contribution in [0.15, 0.2) is 48.8 Å². The highest BCUT2D eigenvalue weighted by Crippen LogP contribution is 2.14. The first-order valence-corrected chi connectivity index (χ1v) is 10.5. The molecule has 0 bridgehead atoms. The molecule has 0 amide bonds. The van der Waals surface area contributed by atoms with Gasteiger partial charge in [0, 0.05) is 6.07 Å². The topological polar surface area (TPSA) is 68.2 Å². The number of rotatable bonds is 7. The van der Waals surface area contributed by atoms with E-state index in [1.165, 1.54) is 18.2 Å². The maximum absolute atomic E-state index is 8.65. The maximum atomic E-state index is 8.65. The second-order valence-electron chi connectivity index (χ2n) is 3.35. The van der Waals surface area contributed by atoms with Crippen molar-refractivity contribution in [2.45, 2.75) is 0 Å². The molecule has 0 aliphatic rings. The lowest BCUT2D eigenvalue weighted by atomic mass is 10.3. The van der Waals surface area contributed by atoms with Crippen LogP contribution in [0.1, 0.15) is 0 Å². The lowest BCUT2D eigenvalue weighted by molar-refractivity contribution is 0.437. The number of phenolic OH excluding ortho intramolecular Hbond substituents is 2. The van der Waals surface area contributed by atoms with Crippen LogP contribution < -0.4 is 0 Å². The molecule has 0 fully saturated rings. The summed E-state index contributed by atoms with van der Waals surface area (Å²) in [5.74, 6) is 0.176. The monoisotopic (exact) mass is 332 g/mol. The fourth-order valence-corrected chi connectivity index (χ4v) is 6.57. The summed E-state index contributed by atoms with van der Waals surface area (Å²) in [6.07, 6.45) is 0. The Hall–Kier alpha value is -0.952. The van der Waals surface area contributed by atoms with E-state index in [1.807, 2.05) is 11.4 Å². The van der Waals surface area contributed by atoms with Crippen LogP contribution in [-0.2, 0) is 12.3 Å². The molecule has 0 saturated heterocycles. The third-order valence-electron chi connectivity index (χ3n) is 1.84. The van der Waals surface area contributed by atoms with Crippen molar-refractivity contribution in [3.8, 4) is 11.5 Å². The Kier molecular flexibility index (Phi) is 11.5. The summed E-state index contributed by atoms with van der Waals surface area (Å²) >= 11 is 0. The van der Waals surface area contributed by atoms with Crippen LogP contribution in [0.3, 0.4) is 0 Å². The molecule has 1 rings (SSSR count). The van der Waals surface area contributed by atoms with E-state index in [0.29, 0.717) is 0 Å². The fraction of sp³-hybridized carbons (Fsp3) is 0. The van der Waals surface area contributed by atoms with E-state index in [0.717, 1.165) is 10.5 Å². The molecule has 1 aromatic carbocycles. The molecule has 106 valence electrons. The molecule has 0 radical (unpaired) electrons. The summed E-state index contributed by atoms with van der Waals surface area (Å²) in [5.41, 5.74) is 3.68. The summed E-state index contributed by atoms with van der Waals surface area (Å²) in [5, 5.41) is 17.3. The van der Waals surface area contributed by atoms with Gasteiger partial charge in [0.15, 0.2) is 0 Å². The Balaban J connectivity index is 0.000000356. The Morgan fingerprint density at radius 2 is 1.74 bits per heavy atom. The van der Waals surface area contributed by atoms with Crippen molar-refractivity contribution in [3.05, 3.63) is 48.8 Å². The van der Waals surface area contributed by atoms with E-state index in [-0.39, 0.29) is 11.5 Å². The molecule has 0 atom stereocenters. The zero-order chi connectivity index (χ0) is 14.5. The largest absolute Gasteiger partial charge is 0.508 e. The third-order valence-corrected chi connectivity index (χ3v) is 7.13. The van der Waals surface area contributed by atoms with Crippen LogP contribution >= 0.6 is 0 Å².